The van der Waals surface area contributed by atoms with Crippen LogP contribution in [0.4, 0.5) is 0 Å². The van der Waals surface area contributed by atoms with Gasteiger partial charge in [-0.25, -0.2) is 4.79 Å². The number of rotatable bonds is 2. The molecular formula is C12H13NO3. The SMILES string of the molecule is COC(=O)C1=CC(c2ccccc2)N(C)O1. The first-order valence-corrected chi connectivity index (χ1v) is 4.98. The maximum absolute atomic E-state index is 11.3. The van der Waals surface area contributed by atoms with Crippen molar-refractivity contribution in [2.45, 2.75) is 6.04 Å². The van der Waals surface area contributed by atoms with E-state index in [9.17, 15) is 4.79 Å². The average molecular weight is 219 g/mol. The summed E-state index contributed by atoms with van der Waals surface area (Å²) in [5, 5.41) is 1.63. The van der Waals surface area contributed by atoms with Gasteiger partial charge in [-0.1, -0.05) is 30.3 Å². The Morgan fingerprint density at radius 1 is 1.38 bits per heavy atom. The number of esters is 1. The minimum atomic E-state index is -0.453. The topological polar surface area (TPSA) is 38.8 Å². The molecule has 0 aromatic heterocycles. The van der Waals surface area contributed by atoms with E-state index in [1.165, 1.54) is 7.11 Å². The summed E-state index contributed by atoms with van der Waals surface area (Å²) in [5.74, 6) is -0.218. The van der Waals surface area contributed by atoms with E-state index in [1.54, 1.807) is 18.2 Å². The van der Waals surface area contributed by atoms with Crippen LogP contribution in [0.25, 0.3) is 0 Å². The Morgan fingerprint density at radius 2 is 2.06 bits per heavy atom. The van der Waals surface area contributed by atoms with E-state index < -0.39 is 5.97 Å². The highest BCUT2D eigenvalue weighted by atomic mass is 16.7. The van der Waals surface area contributed by atoms with Crippen molar-refractivity contribution in [2.24, 2.45) is 0 Å². The Kier molecular flexibility index (Phi) is 2.92. The van der Waals surface area contributed by atoms with Crippen molar-refractivity contribution >= 4 is 5.97 Å². The van der Waals surface area contributed by atoms with Crippen molar-refractivity contribution in [1.82, 2.24) is 5.06 Å². The van der Waals surface area contributed by atoms with Gasteiger partial charge >= 0.3 is 5.97 Å². The zero-order valence-corrected chi connectivity index (χ0v) is 9.21. The molecule has 1 heterocycles. The quantitative estimate of drug-likeness (QED) is 0.709. The molecule has 0 amide bonds. The number of benzene rings is 1. The van der Waals surface area contributed by atoms with E-state index in [0.29, 0.717) is 0 Å². The molecule has 0 bridgehead atoms. The average Bonchev–Trinajstić information content (AvgIpc) is 2.71. The fourth-order valence-corrected chi connectivity index (χ4v) is 1.65. The first kappa shape index (κ1) is 10.7. The van der Waals surface area contributed by atoms with Crippen LogP contribution in [-0.2, 0) is 14.4 Å². The van der Waals surface area contributed by atoms with Gasteiger partial charge in [0.05, 0.1) is 13.2 Å². The number of methoxy groups -OCH3 is 1. The molecule has 1 atom stereocenters. The number of hydrogen-bond acceptors (Lipinski definition) is 4. The van der Waals surface area contributed by atoms with E-state index in [1.807, 2.05) is 30.3 Å². The molecule has 0 fully saturated rings. The number of carbonyl (C=O) groups excluding carboxylic acids is 1. The van der Waals surface area contributed by atoms with Gasteiger partial charge in [0, 0.05) is 7.05 Å². The highest BCUT2D eigenvalue weighted by molar-refractivity contribution is 5.86. The Balaban J connectivity index is 2.24. The van der Waals surface area contributed by atoms with Crippen LogP contribution >= 0.6 is 0 Å². The third-order valence-electron chi connectivity index (χ3n) is 2.47. The zero-order chi connectivity index (χ0) is 11.5. The van der Waals surface area contributed by atoms with E-state index >= 15 is 0 Å². The normalized spacial score (nSPS) is 20.1. The minimum Gasteiger partial charge on any atom is -0.463 e. The largest absolute Gasteiger partial charge is 0.463 e. The summed E-state index contributed by atoms with van der Waals surface area (Å²) in [6.07, 6.45) is 1.75. The second-order valence-electron chi connectivity index (χ2n) is 3.52. The maximum Gasteiger partial charge on any atom is 0.375 e. The van der Waals surface area contributed by atoms with Gasteiger partial charge in [-0.3, -0.25) is 0 Å². The van der Waals surface area contributed by atoms with Crippen LogP contribution in [0.15, 0.2) is 42.2 Å². The minimum absolute atomic E-state index is 0.0460. The van der Waals surface area contributed by atoms with Crippen LogP contribution in [0.1, 0.15) is 11.6 Å². The fourth-order valence-electron chi connectivity index (χ4n) is 1.65. The van der Waals surface area contributed by atoms with Crippen LogP contribution in [0, 0.1) is 0 Å². The lowest BCUT2D eigenvalue weighted by atomic mass is 10.1. The summed E-state index contributed by atoms with van der Waals surface area (Å²) in [7, 11) is 3.12. The van der Waals surface area contributed by atoms with Gasteiger partial charge < -0.3 is 9.57 Å². The maximum atomic E-state index is 11.3. The van der Waals surface area contributed by atoms with Crippen molar-refractivity contribution in [3.8, 4) is 0 Å². The zero-order valence-electron chi connectivity index (χ0n) is 9.21. The monoisotopic (exact) mass is 219 g/mol. The summed E-state index contributed by atoms with van der Waals surface area (Å²) in [6.45, 7) is 0. The Morgan fingerprint density at radius 3 is 2.69 bits per heavy atom. The lowest BCUT2D eigenvalue weighted by Gasteiger charge is -2.17. The first-order chi connectivity index (χ1) is 7.72. The first-order valence-electron chi connectivity index (χ1n) is 4.98. The van der Waals surface area contributed by atoms with Crippen LogP contribution in [-0.4, -0.2) is 25.2 Å². The highest BCUT2D eigenvalue weighted by Crippen LogP contribution is 2.29. The van der Waals surface area contributed by atoms with Gasteiger partial charge in [0.25, 0.3) is 0 Å². The lowest BCUT2D eigenvalue weighted by molar-refractivity contribution is -0.152. The number of hydroxylamine groups is 2. The van der Waals surface area contributed by atoms with Crippen LogP contribution in [0.3, 0.4) is 0 Å². The molecule has 1 aromatic rings. The van der Waals surface area contributed by atoms with Crippen molar-refractivity contribution in [1.29, 1.82) is 0 Å². The number of carbonyl (C=O) groups is 1. The molecule has 1 aliphatic rings. The van der Waals surface area contributed by atoms with Crippen LogP contribution in [0.2, 0.25) is 0 Å². The molecule has 2 rings (SSSR count). The highest BCUT2D eigenvalue weighted by Gasteiger charge is 2.29. The second-order valence-corrected chi connectivity index (χ2v) is 3.52. The lowest BCUT2D eigenvalue weighted by Crippen LogP contribution is -2.18. The number of likely N-dealkylation sites (N-methyl/N-ethyl adjacent to an activating group) is 1. The number of hydrogen-bond donors (Lipinski definition) is 0. The summed E-state index contributed by atoms with van der Waals surface area (Å²) >= 11 is 0. The van der Waals surface area contributed by atoms with Gasteiger partial charge in [-0.15, -0.1) is 5.06 Å². The molecule has 0 radical (unpaired) electrons. The van der Waals surface area contributed by atoms with Crippen molar-refractivity contribution < 1.29 is 14.4 Å². The number of nitrogens with zero attached hydrogens (tertiary/aromatic N) is 1. The van der Waals surface area contributed by atoms with Gasteiger partial charge in [0.15, 0.2) is 0 Å². The molecule has 0 spiro atoms. The van der Waals surface area contributed by atoms with Crippen molar-refractivity contribution in [3.05, 3.63) is 47.7 Å². The molecule has 1 aromatic carbocycles. The van der Waals surface area contributed by atoms with E-state index in [2.05, 4.69) is 4.74 Å². The summed E-state index contributed by atoms with van der Waals surface area (Å²) in [6, 6.07) is 9.78. The summed E-state index contributed by atoms with van der Waals surface area (Å²) < 4.78 is 4.61. The van der Waals surface area contributed by atoms with E-state index in [0.717, 1.165) is 5.56 Å². The Hall–Kier alpha value is -1.81. The van der Waals surface area contributed by atoms with E-state index in [-0.39, 0.29) is 11.8 Å². The standard InChI is InChI=1S/C12H13NO3/c1-13-10(9-6-4-3-5-7-9)8-11(16-13)12(14)15-2/h3-8,10H,1-2H3. The molecule has 4 heteroatoms. The van der Waals surface area contributed by atoms with Crippen molar-refractivity contribution in [3.63, 3.8) is 0 Å². The summed E-state index contributed by atoms with van der Waals surface area (Å²) in [4.78, 5) is 16.6. The van der Waals surface area contributed by atoms with Crippen LogP contribution in [0.5, 0.6) is 0 Å². The number of ether oxygens (including phenoxy) is 1. The summed E-state index contributed by atoms with van der Waals surface area (Å²) in [5.41, 5.74) is 1.07. The second kappa shape index (κ2) is 4.37. The van der Waals surface area contributed by atoms with Crippen molar-refractivity contribution in [2.75, 3.05) is 14.2 Å². The third-order valence-corrected chi connectivity index (χ3v) is 2.47. The molecule has 0 N–H and O–H groups in total. The smallest absolute Gasteiger partial charge is 0.375 e. The molecule has 0 aliphatic carbocycles. The molecule has 4 nitrogen and oxygen atoms in total. The molecule has 1 aliphatic heterocycles. The molecule has 0 saturated heterocycles. The molecule has 0 saturated carbocycles. The van der Waals surface area contributed by atoms with Gasteiger partial charge in [-0.2, -0.15) is 0 Å². The third kappa shape index (κ3) is 1.92. The Labute approximate surface area is 94.0 Å². The van der Waals surface area contributed by atoms with Gasteiger partial charge in [0.1, 0.15) is 0 Å². The molecule has 16 heavy (non-hydrogen) atoms. The predicted octanol–water partition coefficient (Wildman–Crippen LogP) is 1.66. The Bertz CT molecular complexity index is 414. The molecule has 1 unspecified atom stereocenters. The van der Waals surface area contributed by atoms with Gasteiger partial charge in [-0.05, 0) is 11.6 Å². The van der Waals surface area contributed by atoms with E-state index in [4.69, 9.17) is 4.84 Å². The predicted molar refractivity (Wildman–Crippen MR) is 58.1 cm³/mol. The molecular weight excluding hydrogens is 206 g/mol. The molecule has 84 valence electrons. The van der Waals surface area contributed by atoms with Crippen LogP contribution < -0.4 is 0 Å². The van der Waals surface area contributed by atoms with Gasteiger partial charge in [0.2, 0.25) is 5.76 Å². The fraction of sp³-hybridized carbons (Fsp3) is 0.250.